The van der Waals surface area contributed by atoms with Crippen LogP contribution >= 0.6 is 0 Å². The number of carbonyl (C=O) groups is 1. The second-order valence-electron chi connectivity index (χ2n) is 6.63. The van der Waals surface area contributed by atoms with Gasteiger partial charge in [0, 0.05) is 5.56 Å². The summed E-state index contributed by atoms with van der Waals surface area (Å²) in [7, 11) is -5.45. The van der Waals surface area contributed by atoms with E-state index in [2.05, 4.69) is 14.8 Å². The van der Waals surface area contributed by atoms with E-state index in [-0.39, 0.29) is 32.5 Å². The maximum absolute atomic E-state index is 13.1. The number of hydrogen-bond acceptors (Lipinski definition) is 6. The number of rotatable bonds is 8. The Bertz CT molecular complexity index is 1390. The van der Waals surface area contributed by atoms with Gasteiger partial charge in [0.2, 0.25) is 10.0 Å². The van der Waals surface area contributed by atoms with Gasteiger partial charge >= 0.3 is 0 Å². The SMILES string of the molecule is CNS(=O)(=O)c1cc(C(=O)Nc2ccccc2NS(=O)(=O)c2ccc(F)cc2)ccc1OC. The first-order valence-electron chi connectivity index (χ1n) is 9.38. The highest BCUT2D eigenvalue weighted by molar-refractivity contribution is 7.92. The van der Waals surface area contributed by atoms with E-state index in [0.717, 1.165) is 30.3 Å². The van der Waals surface area contributed by atoms with Gasteiger partial charge in [-0.25, -0.2) is 25.9 Å². The molecule has 33 heavy (non-hydrogen) atoms. The van der Waals surface area contributed by atoms with Crippen molar-refractivity contribution in [1.29, 1.82) is 0 Å². The topological polar surface area (TPSA) is 131 Å². The molecule has 12 heteroatoms. The molecule has 0 aliphatic carbocycles. The van der Waals surface area contributed by atoms with Crippen LogP contribution in [0.4, 0.5) is 15.8 Å². The van der Waals surface area contributed by atoms with Crippen molar-refractivity contribution in [2.24, 2.45) is 0 Å². The number of nitrogens with one attached hydrogen (secondary N) is 3. The van der Waals surface area contributed by atoms with E-state index in [0.29, 0.717) is 0 Å². The number of carbonyl (C=O) groups excluding carboxylic acids is 1. The summed E-state index contributed by atoms with van der Waals surface area (Å²) in [6, 6.07) is 14.1. The zero-order valence-corrected chi connectivity index (χ0v) is 19.1. The molecule has 0 saturated carbocycles. The van der Waals surface area contributed by atoms with Gasteiger partial charge in [-0.15, -0.1) is 0 Å². The van der Waals surface area contributed by atoms with Gasteiger partial charge in [0.1, 0.15) is 16.5 Å². The van der Waals surface area contributed by atoms with Crippen molar-refractivity contribution in [2.75, 3.05) is 24.2 Å². The van der Waals surface area contributed by atoms with Crippen LogP contribution in [0.25, 0.3) is 0 Å². The predicted molar refractivity (Wildman–Crippen MR) is 121 cm³/mol. The van der Waals surface area contributed by atoms with Crippen LogP contribution in [0.5, 0.6) is 5.75 Å². The van der Waals surface area contributed by atoms with E-state index in [1.165, 1.54) is 38.4 Å². The van der Waals surface area contributed by atoms with Crippen molar-refractivity contribution in [3.8, 4) is 5.75 Å². The summed E-state index contributed by atoms with van der Waals surface area (Å²) in [6.07, 6.45) is 0. The molecule has 0 unspecified atom stereocenters. The van der Waals surface area contributed by atoms with E-state index in [9.17, 15) is 26.0 Å². The number of anilines is 2. The van der Waals surface area contributed by atoms with E-state index in [4.69, 9.17) is 4.74 Å². The molecule has 0 aliphatic heterocycles. The minimum Gasteiger partial charge on any atom is -0.495 e. The molecule has 0 aromatic heterocycles. The quantitative estimate of drug-likeness (QED) is 0.442. The van der Waals surface area contributed by atoms with Crippen molar-refractivity contribution in [1.82, 2.24) is 4.72 Å². The predicted octanol–water partition coefficient (Wildman–Crippen LogP) is 2.80. The number of hydrogen-bond donors (Lipinski definition) is 3. The molecule has 0 spiro atoms. The van der Waals surface area contributed by atoms with Crippen molar-refractivity contribution < 1.29 is 30.8 Å². The third-order valence-corrected chi connectivity index (χ3v) is 7.34. The molecule has 0 heterocycles. The number of sulfonamides is 2. The fraction of sp³-hybridized carbons (Fsp3) is 0.0952. The number of halogens is 1. The molecule has 3 aromatic carbocycles. The van der Waals surface area contributed by atoms with Gasteiger partial charge in [-0.3, -0.25) is 9.52 Å². The number of benzene rings is 3. The van der Waals surface area contributed by atoms with Crippen molar-refractivity contribution >= 4 is 37.3 Å². The molecule has 0 fully saturated rings. The molecule has 174 valence electrons. The smallest absolute Gasteiger partial charge is 0.261 e. The molecule has 0 atom stereocenters. The Hall–Kier alpha value is -3.48. The summed E-state index contributed by atoms with van der Waals surface area (Å²) in [4.78, 5) is 12.4. The normalized spacial score (nSPS) is 11.6. The summed E-state index contributed by atoms with van der Waals surface area (Å²) in [5.41, 5.74) is 0.189. The summed E-state index contributed by atoms with van der Waals surface area (Å²) in [5.74, 6) is -1.22. The Morgan fingerprint density at radius 3 is 2.12 bits per heavy atom. The third kappa shape index (κ3) is 5.48. The minimum absolute atomic E-state index is 0.000759. The minimum atomic E-state index is -4.06. The fourth-order valence-electron chi connectivity index (χ4n) is 2.83. The zero-order chi connectivity index (χ0) is 24.2. The highest BCUT2D eigenvalue weighted by atomic mass is 32.2. The van der Waals surface area contributed by atoms with Crippen LogP contribution < -0.4 is 19.5 Å². The van der Waals surface area contributed by atoms with Crippen LogP contribution in [0.3, 0.4) is 0 Å². The van der Waals surface area contributed by atoms with Crippen LogP contribution in [0.1, 0.15) is 10.4 Å². The monoisotopic (exact) mass is 493 g/mol. The lowest BCUT2D eigenvalue weighted by atomic mass is 10.2. The maximum atomic E-state index is 13.1. The van der Waals surface area contributed by atoms with Crippen LogP contribution in [-0.4, -0.2) is 36.9 Å². The van der Waals surface area contributed by atoms with Gasteiger partial charge in [-0.05, 0) is 61.6 Å². The van der Waals surface area contributed by atoms with Gasteiger partial charge in [-0.2, -0.15) is 0 Å². The lowest BCUT2D eigenvalue weighted by molar-refractivity contribution is 0.102. The Balaban J connectivity index is 1.91. The highest BCUT2D eigenvalue weighted by Crippen LogP contribution is 2.27. The lowest BCUT2D eigenvalue weighted by Gasteiger charge is -2.14. The van der Waals surface area contributed by atoms with Crippen LogP contribution in [-0.2, 0) is 20.0 Å². The largest absolute Gasteiger partial charge is 0.495 e. The van der Waals surface area contributed by atoms with E-state index in [1.54, 1.807) is 12.1 Å². The Morgan fingerprint density at radius 2 is 1.52 bits per heavy atom. The molecule has 3 rings (SSSR count). The standard InChI is InChI=1S/C21H20FN3O6S2/c1-23-33(29,30)20-13-14(7-12-19(20)31-2)21(26)24-17-5-3-4-6-18(17)25-32(27,28)16-10-8-15(22)9-11-16/h3-13,23,25H,1-2H3,(H,24,26). The second-order valence-corrected chi connectivity index (χ2v) is 10.2. The first-order valence-corrected chi connectivity index (χ1v) is 12.3. The average Bonchev–Trinajstić information content (AvgIpc) is 2.80. The average molecular weight is 494 g/mol. The van der Waals surface area contributed by atoms with Gasteiger partial charge in [-0.1, -0.05) is 12.1 Å². The Labute approximate surface area is 190 Å². The molecule has 1 amide bonds. The molecular weight excluding hydrogens is 473 g/mol. The van der Waals surface area contributed by atoms with Crippen molar-refractivity contribution in [3.05, 3.63) is 78.1 Å². The van der Waals surface area contributed by atoms with Gasteiger partial charge in [0.05, 0.1) is 23.4 Å². The maximum Gasteiger partial charge on any atom is 0.261 e. The van der Waals surface area contributed by atoms with E-state index < -0.39 is 31.8 Å². The lowest BCUT2D eigenvalue weighted by Crippen LogP contribution is -2.21. The molecule has 0 bridgehead atoms. The van der Waals surface area contributed by atoms with Gasteiger partial charge in [0.15, 0.2) is 0 Å². The first kappa shape index (κ1) is 24.2. The summed E-state index contributed by atoms with van der Waals surface area (Å²) in [5, 5.41) is 2.56. The van der Waals surface area contributed by atoms with Crippen LogP contribution in [0, 0.1) is 5.82 Å². The van der Waals surface area contributed by atoms with Crippen LogP contribution in [0.2, 0.25) is 0 Å². The third-order valence-electron chi connectivity index (χ3n) is 4.53. The molecule has 0 aliphatic rings. The van der Waals surface area contributed by atoms with Crippen molar-refractivity contribution in [3.63, 3.8) is 0 Å². The Kier molecular flexibility index (Phi) is 7.01. The summed E-state index contributed by atoms with van der Waals surface area (Å²) in [6.45, 7) is 0. The second kappa shape index (κ2) is 9.57. The number of ether oxygens (including phenoxy) is 1. The fourth-order valence-corrected chi connectivity index (χ4v) is 4.83. The number of methoxy groups -OCH3 is 1. The molecule has 0 radical (unpaired) electrons. The van der Waals surface area contributed by atoms with Gasteiger partial charge in [0.25, 0.3) is 15.9 Å². The molecule has 3 aromatic rings. The number of para-hydroxylation sites is 2. The van der Waals surface area contributed by atoms with Crippen LogP contribution in [0.15, 0.2) is 76.5 Å². The molecule has 9 nitrogen and oxygen atoms in total. The Morgan fingerprint density at radius 1 is 0.879 bits per heavy atom. The summed E-state index contributed by atoms with van der Waals surface area (Å²) >= 11 is 0. The molecule has 0 saturated heterocycles. The summed E-state index contributed by atoms with van der Waals surface area (Å²) < 4.78 is 72.5. The van der Waals surface area contributed by atoms with E-state index >= 15 is 0 Å². The van der Waals surface area contributed by atoms with Crippen molar-refractivity contribution in [2.45, 2.75) is 9.79 Å². The number of amides is 1. The van der Waals surface area contributed by atoms with Gasteiger partial charge < -0.3 is 10.1 Å². The highest BCUT2D eigenvalue weighted by Gasteiger charge is 2.21. The molecular formula is C21H20FN3O6S2. The van der Waals surface area contributed by atoms with E-state index in [1.807, 2.05) is 0 Å². The first-order chi connectivity index (χ1) is 15.6. The zero-order valence-electron chi connectivity index (χ0n) is 17.5. The molecule has 3 N–H and O–H groups in total.